The molecular weight excluding hydrogens is 364 g/mol. The highest BCUT2D eigenvalue weighted by molar-refractivity contribution is 5.94. The van der Waals surface area contributed by atoms with Crippen molar-refractivity contribution < 1.29 is 37.3 Å². The number of carbonyl (C=O) groups is 1. The van der Waals surface area contributed by atoms with Crippen LogP contribution in [-0.4, -0.2) is 48.2 Å². The molecule has 5 atom stereocenters. The molecule has 0 unspecified atom stereocenters. The number of anilines is 1. The third-order valence-electron chi connectivity index (χ3n) is 4.60. The minimum Gasteiger partial charge on any atom is -0.342 e. The predicted molar refractivity (Wildman–Crippen MR) is 87.5 cm³/mol. The first-order valence-electron chi connectivity index (χ1n) is 8.67. The smallest absolute Gasteiger partial charge is 0.256 e. The zero-order chi connectivity index (χ0) is 19.6. The Balaban J connectivity index is 1.57. The van der Waals surface area contributed by atoms with Crippen LogP contribution < -0.4 is 5.32 Å². The van der Waals surface area contributed by atoms with Crippen LogP contribution in [0.15, 0.2) is 18.2 Å². The van der Waals surface area contributed by atoms with Gasteiger partial charge in [-0.25, -0.2) is 8.78 Å². The highest BCUT2D eigenvalue weighted by Crippen LogP contribution is 2.44. The van der Waals surface area contributed by atoms with Crippen molar-refractivity contribution in [1.29, 1.82) is 0 Å². The standard InChI is InChI=1S/C18H21F2NO6/c1-17(2)24-11-12(25-17)14-16(27-18(3,4)26-14)23-13(11)15(22)21-8-5-6-9(19)10(20)7-8/h5-7,11-14,16H,1-4H3,(H,21,22)/t11-,12-,13+,14+,16-/m0/s1. The third-order valence-corrected chi connectivity index (χ3v) is 4.60. The Kier molecular flexibility index (Phi) is 4.28. The van der Waals surface area contributed by atoms with E-state index in [1.807, 2.05) is 0 Å². The molecule has 3 aliphatic rings. The van der Waals surface area contributed by atoms with Gasteiger partial charge in [-0.1, -0.05) is 0 Å². The van der Waals surface area contributed by atoms with Crippen molar-refractivity contribution in [3.63, 3.8) is 0 Å². The van der Waals surface area contributed by atoms with Crippen molar-refractivity contribution in [2.75, 3.05) is 5.32 Å². The number of ether oxygens (including phenoxy) is 5. The zero-order valence-corrected chi connectivity index (χ0v) is 15.3. The first-order chi connectivity index (χ1) is 12.5. The molecule has 148 valence electrons. The molecule has 3 aliphatic heterocycles. The first kappa shape index (κ1) is 18.7. The van der Waals surface area contributed by atoms with Crippen LogP contribution in [0.5, 0.6) is 0 Å². The molecule has 1 amide bonds. The maximum absolute atomic E-state index is 13.4. The number of halogens is 2. The van der Waals surface area contributed by atoms with Gasteiger partial charge in [-0.15, -0.1) is 0 Å². The number of amides is 1. The van der Waals surface area contributed by atoms with Crippen LogP contribution >= 0.6 is 0 Å². The molecule has 0 radical (unpaired) electrons. The van der Waals surface area contributed by atoms with Crippen LogP contribution in [0, 0.1) is 11.6 Å². The zero-order valence-electron chi connectivity index (χ0n) is 15.3. The van der Waals surface area contributed by atoms with Crippen LogP contribution in [0.25, 0.3) is 0 Å². The second-order valence-corrected chi connectivity index (χ2v) is 7.71. The Morgan fingerprint density at radius 3 is 2.26 bits per heavy atom. The molecule has 0 aromatic heterocycles. The summed E-state index contributed by atoms with van der Waals surface area (Å²) in [7, 11) is 0. The SMILES string of the molecule is CC1(C)O[C@@H]2O[C@@H](C(=O)Nc3ccc(F)c(F)c3)[C@H]3OC(C)(C)O[C@@H]3[C@H]2O1. The minimum absolute atomic E-state index is 0.100. The van der Waals surface area contributed by atoms with Crippen molar-refractivity contribution >= 4 is 11.6 Å². The molecule has 27 heavy (non-hydrogen) atoms. The van der Waals surface area contributed by atoms with E-state index >= 15 is 0 Å². The van der Waals surface area contributed by atoms with Crippen LogP contribution in [0.2, 0.25) is 0 Å². The molecule has 9 heteroatoms. The highest BCUT2D eigenvalue weighted by atomic mass is 19.2. The monoisotopic (exact) mass is 385 g/mol. The summed E-state index contributed by atoms with van der Waals surface area (Å²) in [6.45, 7) is 6.93. The molecule has 0 spiro atoms. The second-order valence-electron chi connectivity index (χ2n) is 7.71. The van der Waals surface area contributed by atoms with E-state index in [9.17, 15) is 13.6 Å². The number of fused-ring (bicyclic) bond motifs is 3. The summed E-state index contributed by atoms with van der Waals surface area (Å²) in [6, 6.07) is 3.08. The van der Waals surface area contributed by atoms with Crippen molar-refractivity contribution in [3.05, 3.63) is 29.8 Å². The lowest BCUT2D eigenvalue weighted by atomic mass is 9.98. The van der Waals surface area contributed by atoms with Crippen molar-refractivity contribution in [3.8, 4) is 0 Å². The van der Waals surface area contributed by atoms with Gasteiger partial charge in [0.15, 0.2) is 35.6 Å². The molecule has 1 aromatic rings. The predicted octanol–water partition coefficient (Wildman–Crippen LogP) is 2.30. The summed E-state index contributed by atoms with van der Waals surface area (Å²) in [5.74, 6) is -4.49. The van der Waals surface area contributed by atoms with Gasteiger partial charge in [-0.05, 0) is 39.8 Å². The molecule has 0 saturated carbocycles. The summed E-state index contributed by atoms with van der Waals surface area (Å²) in [4.78, 5) is 12.8. The van der Waals surface area contributed by atoms with Gasteiger partial charge in [-0.3, -0.25) is 4.79 Å². The number of carbonyl (C=O) groups excluding carboxylic acids is 1. The van der Waals surface area contributed by atoms with Crippen molar-refractivity contribution in [2.24, 2.45) is 0 Å². The minimum atomic E-state index is -1.08. The van der Waals surface area contributed by atoms with E-state index in [1.54, 1.807) is 27.7 Å². The summed E-state index contributed by atoms with van der Waals surface area (Å²) in [5.41, 5.74) is 0.100. The maximum Gasteiger partial charge on any atom is 0.256 e. The largest absolute Gasteiger partial charge is 0.342 e. The average Bonchev–Trinajstić information content (AvgIpc) is 3.04. The normalized spacial score (nSPS) is 36.1. The molecule has 1 aromatic carbocycles. The third kappa shape index (κ3) is 3.45. The summed E-state index contributed by atoms with van der Waals surface area (Å²) >= 11 is 0. The van der Waals surface area contributed by atoms with Crippen LogP contribution in [0.3, 0.4) is 0 Å². The lowest BCUT2D eigenvalue weighted by Gasteiger charge is -2.36. The van der Waals surface area contributed by atoms with Crippen LogP contribution in [0.4, 0.5) is 14.5 Å². The number of benzene rings is 1. The number of hydrogen-bond acceptors (Lipinski definition) is 6. The molecule has 0 aliphatic carbocycles. The number of rotatable bonds is 2. The fraction of sp³-hybridized carbons (Fsp3) is 0.611. The van der Waals surface area contributed by atoms with Gasteiger partial charge < -0.3 is 29.0 Å². The van der Waals surface area contributed by atoms with Crippen LogP contribution in [-0.2, 0) is 28.5 Å². The summed E-state index contributed by atoms with van der Waals surface area (Å²) in [5, 5.41) is 2.52. The Labute approximate surface area is 154 Å². The fourth-order valence-electron chi connectivity index (χ4n) is 3.61. The van der Waals surface area contributed by atoms with Gasteiger partial charge in [0.05, 0.1) is 0 Å². The lowest BCUT2D eigenvalue weighted by Crippen LogP contribution is -2.58. The molecule has 3 saturated heterocycles. The Bertz CT molecular complexity index is 770. The molecule has 3 fully saturated rings. The molecule has 4 rings (SSSR count). The van der Waals surface area contributed by atoms with Gasteiger partial charge in [0.25, 0.3) is 5.91 Å². The summed E-state index contributed by atoms with van der Waals surface area (Å²) < 4.78 is 55.7. The fourth-order valence-corrected chi connectivity index (χ4v) is 3.61. The quantitative estimate of drug-likeness (QED) is 0.842. The van der Waals surface area contributed by atoms with E-state index in [0.29, 0.717) is 0 Å². The number of hydrogen-bond donors (Lipinski definition) is 1. The van der Waals surface area contributed by atoms with Crippen molar-refractivity contribution in [2.45, 2.75) is 70.0 Å². The lowest BCUT2D eigenvalue weighted by molar-refractivity contribution is -0.229. The van der Waals surface area contributed by atoms with Gasteiger partial charge in [0.1, 0.15) is 18.3 Å². The summed E-state index contributed by atoms with van der Waals surface area (Å²) in [6.07, 6.45) is -3.78. The van der Waals surface area contributed by atoms with Crippen LogP contribution in [0.1, 0.15) is 27.7 Å². The molecule has 0 bridgehead atoms. The van der Waals surface area contributed by atoms with Gasteiger partial charge >= 0.3 is 0 Å². The van der Waals surface area contributed by atoms with E-state index in [2.05, 4.69) is 5.32 Å². The maximum atomic E-state index is 13.4. The Morgan fingerprint density at radius 2 is 1.56 bits per heavy atom. The highest BCUT2D eigenvalue weighted by Gasteiger charge is 2.62. The number of nitrogens with one attached hydrogen (secondary N) is 1. The molecular formula is C18H21F2NO6. The van der Waals surface area contributed by atoms with Crippen molar-refractivity contribution in [1.82, 2.24) is 0 Å². The molecule has 7 nitrogen and oxygen atoms in total. The van der Waals surface area contributed by atoms with E-state index in [0.717, 1.165) is 12.1 Å². The molecule has 3 heterocycles. The topological polar surface area (TPSA) is 75.3 Å². The van der Waals surface area contributed by atoms with E-state index in [4.69, 9.17) is 23.7 Å². The first-order valence-corrected chi connectivity index (χ1v) is 8.67. The Morgan fingerprint density at radius 1 is 0.926 bits per heavy atom. The van der Waals surface area contributed by atoms with E-state index in [1.165, 1.54) is 6.07 Å². The molecule has 1 N–H and O–H groups in total. The van der Waals surface area contributed by atoms with Gasteiger partial charge in [-0.2, -0.15) is 0 Å². The Hall–Kier alpha value is -1.65. The van der Waals surface area contributed by atoms with E-state index in [-0.39, 0.29) is 5.69 Å². The van der Waals surface area contributed by atoms with Gasteiger partial charge in [0, 0.05) is 11.8 Å². The van der Waals surface area contributed by atoms with Gasteiger partial charge in [0.2, 0.25) is 0 Å². The average molecular weight is 385 g/mol. The second kappa shape index (κ2) is 6.18. The van der Waals surface area contributed by atoms with E-state index < -0.39 is 59.8 Å².